The quantitative estimate of drug-likeness (QED) is 0.240. The molecule has 4 aromatic rings. The van der Waals surface area contributed by atoms with Gasteiger partial charge in [-0.15, -0.1) is 11.3 Å². The predicted octanol–water partition coefficient (Wildman–Crippen LogP) is 6.28. The number of ether oxygens (including phenoxy) is 2. The normalized spacial score (nSPS) is 10.8. The molecular formula is C25H25N3O3S. The van der Waals surface area contributed by atoms with Crippen LogP contribution >= 0.6 is 11.3 Å². The first-order valence-electron chi connectivity index (χ1n) is 10.6. The van der Waals surface area contributed by atoms with Crippen LogP contribution in [0.25, 0.3) is 10.2 Å². The van der Waals surface area contributed by atoms with Crippen molar-refractivity contribution in [1.29, 1.82) is 0 Å². The van der Waals surface area contributed by atoms with E-state index in [0.717, 1.165) is 45.6 Å². The molecule has 2 aromatic carbocycles. The van der Waals surface area contributed by atoms with Crippen LogP contribution in [0.3, 0.4) is 0 Å². The molecule has 0 aliphatic heterocycles. The highest BCUT2D eigenvalue weighted by Gasteiger charge is 2.20. The molecule has 2 aromatic heterocycles. The number of nitrogens with one attached hydrogen (secondary N) is 1. The molecule has 0 saturated heterocycles. The zero-order valence-electron chi connectivity index (χ0n) is 18.1. The second-order valence-corrected chi connectivity index (χ2v) is 8.37. The van der Waals surface area contributed by atoms with Crippen LogP contribution in [0.15, 0.2) is 60.9 Å². The lowest BCUT2D eigenvalue weighted by Crippen LogP contribution is -2.04. The summed E-state index contributed by atoms with van der Waals surface area (Å²) in [6.07, 6.45) is 3.64. The summed E-state index contributed by atoms with van der Waals surface area (Å²) in [6, 6.07) is 17.4. The number of nitrogens with zero attached hydrogens (tertiary/aromatic N) is 2. The molecule has 0 fully saturated rings. The van der Waals surface area contributed by atoms with Crippen molar-refractivity contribution in [3.05, 3.63) is 76.9 Å². The second-order valence-electron chi connectivity index (χ2n) is 7.37. The number of carbonyl (C=O) groups is 1. The number of fused-ring (bicyclic) bond motifs is 1. The number of hydrogen-bond acceptors (Lipinski definition) is 7. The van der Waals surface area contributed by atoms with Crippen LogP contribution in [0.1, 0.15) is 40.6 Å². The smallest absolute Gasteiger partial charge is 0.349 e. The van der Waals surface area contributed by atoms with E-state index >= 15 is 0 Å². The van der Waals surface area contributed by atoms with Gasteiger partial charge in [-0.05, 0) is 48.7 Å². The fourth-order valence-corrected chi connectivity index (χ4v) is 4.30. The van der Waals surface area contributed by atoms with Crippen LogP contribution in [0.5, 0.6) is 5.75 Å². The number of carbonyl (C=O) groups excluding carboxylic acids is 1. The van der Waals surface area contributed by atoms with Crippen molar-refractivity contribution in [2.24, 2.45) is 0 Å². The highest BCUT2D eigenvalue weighted by molar-refractivity contribution is 7.20. The maximum absolute atomic E-state index is 12.7. The molecule has 2 heterocycles. The van der Waals surface area contributed by atoms with Crippen molar-refractivity contribution in [2.75, 3.05) is 11.9 Å². The van der Waals surface area contributed by atoms with Crippen LogP contribution in [-0.4, -0.2) is 22.5 Å². The molecule has 0 aliphatic rings. The first kappa shape index (κ1) is 21.8. The SMILES string of the molecule is CCCCOc1ccc(Nc2ncnc3sc(C(=O)OCc4ccccc4)c(C)c23)cc1. The molecule has 0 unspecified atom stereocenters. The molecular weight excluding hydrogens is 422 g/mol. The van der Waals surface area contributed by atoms with Crippen molar-refractivity contribution >= 4 is 39.0 Å². The topological polar surface area (TPSA) is 73.3 Å². The van der Waals surface area contributed by atoms with Crippen LogP contribution in [-0.2, 0) is 11.3 Å². The molecule has 6 nitrogen and oxygen atoms in total. The van der Waals surface area contributed by atoms with Crippen molar-refractivity contribution in [1.82, 2.24) is 9.97 Å². The van der Waals surface area contributed by atoms with Gasteiger partial charge in [-0.3, -0.25) is 0 Å². The van der Waals surface area contributed by atoms with Crippen LogP contribution in [0, 0.1) is 6.92 Å². The lowest BCUT2D eigenvalue weighted by atomic mass is 10.2. The van der Waals surface area contributed by atoms with E-state index in [4.69, 9.17) is 9.47 Å². The Hall–Kier alpha value is -3.45. The number of aromatic nitrogens is 2. The molecule has 32 heavy (non-hydrogen) atoms. The second kappa shape index (κ2) is 10.2. The minimum atomic E-state index is -0.353. The van der Waals surface area contributed by atoms with E-state index in [1.807, 2.05) is 61.5 Å². The fourth-order valence-electron chi connectivity index (χ4n) is 3.26. The van der Waals surface area contributed by atoms with E-state index in [0.29, 0.717) is 17.3 Å². The number of aryl methyl sites for hydroxylation is 1. The first-order valence-corrected chi connectivity index (χ1v) is 11.4. The van der Waals surface area contributed by atoms with E-state index in [1.165, 1.54) is 17.7 Å². The van der Waals surface area contributed by atoms with Gasteiger partial charge in [0.25, 0.3) is 0 Å². The highest BCUT2D eigenvalue weighted by atomic mass is 32.1. The van der Waals surface area contributed by atoms with Crippen molar-refractivity contribution in [2.45, 2.75) is 33.3 Å². The van der Waals surface area contributed by atoms with Crippen LogP contribution in [0.2, 0.25) is 0 Å². The van der Waals surface area contributed by atoms with Crippen LogP contribution < -0.4 is 10.1 Å². The van der Waals surface area contributed by atoms with E-state index in [-0.39, 0.29) is 12.6 Å². The van der Waals surface area contributed by atoms with Crippen molar-refractivity contribution < 1.29 is 14.3 Å². The third-order valence-corrected chi connectivity index (χ3v) is 6.19. The summed E-state index contributed by atoms with van der Waals surface area (Å²) in [5.74, 6) is 1.14. The predicted molar refractivity (Wildman–Crippen MR) is 128 cm³/mol. The largest absolute Gasteiger partial charge is 0.494 e. The van der Waals surface area contributed by atoms with Gasteiger partial charge in [-0.2, -0.15) is 0 Å². The van der Waals surface area contributed by atoms with Gasteiger partial charge in [0.05, 0.1) is 12.0 Å². The van der Waals surface area contributed by atoms with Gasteiger partial charge in [0.2, 0.25) is 0 Å². The Bertz CT molecular complexity index is 1190. The molecule has 164 valence electrons. The van der Waals surface area contributed by atoms with Gasteiger partial charge in [0.1, 0.15) is 34.2 Å². The number of hydrogen-bond donors (Lipinski definition) is 1. The lowest BCUT2D eigenvalue weighted by molar-refractivity contribution is 0.0478. The van der Waals surface area contributed by atoms with Gasteiger partial charge in [0, 0.05) is 5.69 Å². The standard InChI is InChI=1S/C25H25N3O3S/c1-3-4-14-30-20-12-10-19(11-13-20)28-23-21-17(2)22(32-24(21)27-16-26-23)25(29)31-15-18-8-6-5-7-9-18/h5-13,16H,3-4,14-15H2,1-2H3,(H,26,27,28). The Labute approximate surface area is 191 Å². The summed E-state index contributed by atoms with van der Waals surface area (Å²) in [7, 11) is 0. The summed E-state index contributed by atoms with van der Waals surface area (Å²) >= 11 is 1.32. The summed E-state index contributed by atoms with van der Waals surface area (Å²) in [4.78, 5) is 22.8. The molecule has 0 spiro atoms. The van der Waals surface area contributed by atoms with Crippen molar-refractivity contribution in [3.63, 3.8) is 0 Å². The van der Waals surface area contributed by atoms with E-state index in [2.05, 4.69) is 22.2 Å². The van der Waals surface area contributed by atoms with Gasteiger partial charge in [0.15, 0.2) is 0 Å². The Morgan fingerprint density at radius 2 is 1.84 bits per heavy atom. The van der Waals surface area contributed by atoms with Gasteiger partial charge >= 0.3 is 5.97 Å². The average molecular weight is 448 g/mol. The van der Waals surface area contributed by atoms with E-state index < -0.39 is 0 Å². The molecule has 0 radical (unpaired) electrons. The third kappa shape index (κ3) is 5.06. The Balaban J connectivity index is 1.51. The molecule has 0 aliphatic carbocycles. The molecule has 0 saturated carbocycles. The number of rotatable bonds is 9. The van der Waals surface area contributed by atoms with E-state index in [9.17, 15) is 4.79 Å². The molecule has 1 N–H and O–H groups in total. The Morgan fingerprint density at radius 1 is 1.06 bits per heavy atom. The summed E-state index contributed by atoms with van der Waals surface area (Å²) in [5.41, 5.74) is 2.64. The van der Waals surface area contributed by atoms with Gasteiger partial charge < -0.3 is 14.8 Å². The zero-order chi connectivity index (χ0) is 22.3. The summed E-state index contributed by atoms with van der Waals surface area (Å²) < 4.78 is 11.2. The Kier molecular flexibility index (Phi) is 6.97. The first-order chi connectivity index (χ1) is 15.7. The molecule has 0 bridgehead atoms. The number of thiophene rings is 1. The molecule has 0 atom stereocenters. The molecule has 0 amide bonds. The monoisotopic (exact) mass is 447 g/mol. The number of anilines is 2. The third-order valence-electron chi connectivity index (χ3n) is 5.01. The highest BCUT2D eigenvalue weighted by Crippen LogP contribution is 2.35. The van der Waals surface area contributed by atoms with Crippen LogP contribution in [0.4, 0.5) is 11.5 Å². The molecule has 4 rings (SSSR count). The number of esters is 1. The lowest BCUT2D eigenvalue weighted by Gasteiger charge is -2.09. The number of unbranched alkanes of at least 4 members (excludes halogenated alkanes) is 1. The van der Waals surface area contributed by atoms with Crippen molar-refractivity contribution in [3.8, 4) is 5.75 Å². The zero-order valence-corrected chi connectivity index (χ0v) is 18.9. The summed E-state index contributed by atoms with van der Waals surface area (Å²) in [5, 5.41) is 4.17. The maximum Gasteiger partial charge on any atom is 0.349 e. The molecule has 7 heteroatoms. The fraction of sp³-hybridized carbons (Fsp3) is 0.240. The minimum Gasteiger partial charge on any atom is -0.494 e. The Morgan fingerprint density at radius 3 is 2.59 bits per heavy atom. The average Bonchev–Trinajstić information content (AvgIpc) is 3.17. The maximum atomic E-state index is 12.7. The summed E-state index contributed by atoms with van der Waals surface area (Å²) in [6.45, 7) is 4.99. The van der Waals surface area contributed by atoms with Gasteiger partial charge in [-0.1, -0.05) is 43.7 Å². The van der Waals surface area contributed by atoms with Gasteiger partial charge in [-0.25, -0.2) is 14.8 Å². The number of benzene rings is 2. The minimum absolute atomic E-state index is 0.233. The van der Waals surface area contributed by atoms with E-state index in [1.54, 1.807) is 0 Å².